The Bertz CT molecular complexity index is 216. The number of carbonyl (C=O) groups is 2. The predicted octanol–water partition coefficient (Wildman–Crippen LogP) is 0.0565. The molecule has 4 nitrogen and oxygen atoms in total. The molecule has 1 rings (SSSR count). The average molecular weight is 200 g/mol. The fourth-order valence-electron chi connectivity index (χ4n) is 1.80. The van der Waals surface area contributed by atoms with E-state index in [0.717, 1.165) is 19.3 Å². The zero-order valence-electron chi connectivity index (χ0n) is 8.27. The van der Waals surface area contributed by atoms with Crippen molar-refractivity contribution < 1.29 is 19.8 Å². The van der Waals surface area contributed by atoms with Crippen molar-refractivity contribution in [2.45, 2.75) is 44.8 Å². The van der Waals surface area contributed by atoms with E-state index in [4.69, 9.17) is 0 Å². The highest BCUT2D eigenvalue weighted by molar-refractivity contribution is 6.42. The number of carbonyl (C=O) groups excluding carboxylic acids is 2. The smallest absolute Gasteiger partial charge is 0.229 e. The number of hydrogen-bond donors (Lipinski definition) is 2. The third kappa shape index (κ3) is 2.01. The molecule has 0 heterocycles. The molecule has 14 heavy (non-hydrogen) atoms. The zero-order chi connectivity index (χ0) is 10.7. The number of ketones is 2. The molecule has 80 valence electrons. The number of hydrogen-bond acceptors (Lipinski definition) is 4. The molecule has 1 aliphatic rings. The standard InChI is InChI=1S/C10H16O4/c1-2-3-4-5-6-7(11)9(13)10(14)8(6)12/h6-8,11-12H,2-5H2,1H3. The summed E-state index contributed by atoms with van der Waals surface area (Å²) < 4.78 is 0. The minimum atomic E-state index is -1.28. The maximum absolute atomic E-state index is 11.0. The molecule has 0 radical (unpaired) electrons. The molecule has 0 aliphatic heterocycles. The number of aliphatic hydroxyl groups is 2. The highest BCUT2D eigenvalue weighted by Crippen LogP contribution is 2.26. The van der Waals surface area contributed by atoms with Crippen LogP contribution >= 0.6 is 0 Å². The Morgan fingerprint density at radius 3 is 2.00 bits per heavy atom. The van der Waals surface area contributed by atoms with E-state index in [0.29, 0.717) is 6.42 Å². The van der Waals surface area contributed by atoms with Gasteiger partial charge in [0.15, 0.2) is 0 Å². The molecule has 2 atom stereocenters. The average Bonchev–Trinajstić information content (AvgIpc) is 2.35. The summed E-state index contributed by atoms with van der Waals surface area (Å²) in [5.74, 6) is -2.25. The maximum Gasteiger partial charge on any atom is 0.229 e. The Morgan fingerprint density at radius 1 is 1.07 bits per heavy atom. The molecule has 0 bridgehead atoms. The van der Waals surface area contributed by atoms with Crippen LogP contribution in [-0.2, 0) is 9.59 Å². The van der Waals surface area contributed by atoms with E-state index in [2.05, 4.69) is 0 Å². The number of unbranched alkanes of at least 4 members (excludes halogenated alkanes) is 2. The van der Waals surface area contributed by atoms with Crippen LogP contribution in [0.5, 0.6) is 0 Å². The van der Waals surface area contributed by atoms with Crippen molar-refractivity contribution in [2.75, 3.05) is 0 Å². The quantitative estimate of drug-likeness (QED) is 0.497. The highest BCUT2D eigenvalue weighted by Gasteiger charge is 2.47. The van der Waals surface area contributed by atoms with Gasteiger partial charge in [-0.3, -0.25) is 9.59 Å². The van der Waals surface area contributed by atoms with Crippen molar-refractivity contribution in [3.63, 3.8) is 0 Å². The summed E-state index contributed by atoms with van der Waals surface area (Å²) in [7, 11) is 0. The largest absolute Gasteiger partial charge is 0.384 e. The van der Waals surface area contributed by atoms with Crippen molar-refractivity contribution in [1.82, 2.24) is 0 Å². The molecule has 0 spiro atoms. The summed E-state index contributed by atoms with van der Waals surface area (Å²) in [5.41, 5.74) is 0. The molecule has 0 aromatic heterocycles. The normalized spacial score (nSPS) is 32.6. The minimum absolute atomic E-state index is 0.535. The van der Waals surface area contributed by atoms with Gasteiger partial charge >= 0.3 is 0 Å². The van der Waals surface area contributed by atoms with Crippen molar-refractivity contribution in [3.8, 4) is 0 Å². The van der Waals surface area contributed by atoms with E-state index in [9.17, 15) is 19.8 Å². The van der Waals surface area contributed by atoms with Gasteiger partial charge in [-0.05, 0) is 6.42 Å². The molecular formula is C10H16O4. The maximum atomic E-state index is 11.0. The first-order chi connectivity index (χ1) is 6.59. The van der Waals surface area contributed by atoms with Crippen molar-refractivity contribution in [3.05, 3.63) is 0 Å². The van der Waals surface area contributed by atoms with Crippen LogP contribution in [0.3, 0.4) is 0 Å². The van der Waals surface area contributed by atoms with Crippen LogP contribution in [0.2, 0.25) is 0 Å². The lowest BCUT2D eigenvalue weighted by Gasteiger charge is -2.14. The van der Waals surface area contributed by atoms with Crippen molar-refractivity contribution >= 4 is 11.6 Å². The monoisotopic (exact) mass is 200 g/mol. The van der Waals surface area contributed by atoms with Gasteiger partial charge in [-0.15, -0.1) is 0 Å². The highest BCUT2D eigenvalue weighted by atomic mass is 16.3. The second kappa shape index (κ2) is 4.66. The molecule has 0 saturated heterocycles. The van der Waals surface area contributed by atoms with E-state index in [1.807, 2.05) is 6.92 Å². The molecule has 2 N–H and O–H groups in total. The Balaban J connectivity index is 2.52. The summed E-state index contributed by atoms with van der Waals surface area (Å²) >= 11 is 0. The molecule has 1 fully saturated rings. The first-order valence-electron chi connectivity index (χ1n) is 5.03. The Morgan fingerprint density at radius 2 is 1.57 bits per heavy atom. The Kier molecular flexibility index (Phi) is 3.77. The van der Waals surface area contributed by atoms with Crippen LogP contribution in [-0.4, -0.2) is 34.0 Å². The van der Waals surface area contributed by atoms with Crippen LogP contribution in [0.4, 0.5) is 0 Å². The summed E-state index contributed by atoms with van der Waals surface area (Å²) in [5, 5.41) is 18.7. The molecule has 0 amide bonds. The predicted molar refractivity (Wildman–Crippen MR) is 49.7 cm³/mol. The van der Waals surface area contributed by atoms with Gasteiger partial charge in [0, 0.05) is 5.92 Å². The third-order valence-corrected chi connectivity index (χ3v) is 2.73. The van der Waals surface area contributed by atoms with Gasteiger partial charge in [-0.25, -0.2) is 0 Å². The van der Waals surface area contributed by atoms with E-state index in [1.54, 1.807) is 0 Å². The van der Waals surface area contributed by atoms with Crippen LogP contribution in [0.25, 0.3) is 0 Å². The van der Waals surface area contributed by atoms with E-state index in [1.165, 1.54) is 0 Å². The lowest BCUT2D eigenvalue weighted by molar-refractivity contribution is -0.139. The number of aliphatic hydroxyl groups excluding tert-OH is 2. The van der Waals surface area contributed by atoms with Crippen LogP contribution < -0.4 is 0 Å². The summed E-state index contributed by atoms with van der Waals surface area (Å²) in [4.78, 5) is 22.0. The van der Waals surface area contributed by atoms with E-state index in [-0.39, 0.29) is 0 Å². The first kappa shape index (κ1) is 11.3. The first-order valence-corrected chi connectivity index (χ1v) is 5.03. The van der Waals surface area contributed by atoms with Crippen LogP contribution in [0.15, 0.2) is 0 Å². The molecule has 0 aromatic carbocycles. The summed E-state index contributed by atoms with van der Waals surface area (Å²) in [6, 6.07) is 0. The zero-order valence-corrected chi connectivity index (χ0v) is 8.27. The van der Waals surface area contributed by atoms with Crippen LogP contribution in [0, 0.1) is 5.92 Å². The SMILES string of the molecule is CCCCCC1C(O)C(=O)C(=O)C1O. The van der Waals surface area contributed by atoms with Gasteiger partial charge in [-0.1, -0.05) is 26.2 Å². The number of Topliss-reactive ketones (excluding diaryl/α,β-unsaturated/α-hetero) is 2. The molecule has 4 heteroatoms. The second-order valence-electron chi connectivity index (χ2n) is 3.78. The van der Waals surface area contributed by atoms with Crippen LogP contribution in [0.1, 0.15) is 32.6 Å². The van der Waals surface area contributed by atoms with Gasteiger partial charge in [0.25, 0.3) is 0 Å². The van der Waals surface area contributed by atoms with E-state index >= 15 is 0 Å². The molecule has 2 unspecified atom stereocenters. The van der Waals surface area contributed by atoms with Gasteiger partial charge < -0.3 is 10.2 Å². The number of rotatable bonds is 4. The second-order valence-corrected chi connectivity index (χ2v) is 3.78. The Hall–Kier alpha value is -0.740. The van der Waals surface area contributed by atoms with Gasteiger partial charge in [0.1, 0.15) is 12.2 Å². The van der Waals surface area contributed by atoms with Gasteiger partial charge in [-0.2, -0.15) is 0 Å². The topological polar surface area (TPSA) is 74.6 Å². The lowest BCUT2D eigenvalue weighted by atomic mass is 9.96. The fraction of sp³-hybridized carbons (Fsp3) is 0.800. The molecule has 1 aliphatic carbocycles. The molecule has 1 saturated carbocycles. The fourth-order valence-corrected chi connectivity index (χ4v) is 1.80. The Labute approximate surface area is 82.9 Å². The van der Waals surface area contributed by atoms with E-state index < -0.39 is 29.7 Å². The molecule has 0 aromatic rings. The summed E-state index contributed by atoms with van der Waals surface area (Å²) in [6.45, 7) is 2.04. The third-order valence-electron chi connectivity index (χ3n) is 2.73. The minimum Gasteiger partial charge on any atom is -0.384 e. The van der Waals surface area contributed by atoms with Crippen molar-refractivity contribution in [1.29, 1.82) is 0 Å². The van der Waals surface area contributed by atoms with Gasteiger partial charge in [0.05, 0.1) is 0 Å². The van der Waals surface area contributed by atoms with Crippen molar-refractivity contribution in [2.24, 2.45) is 5.92 Å². The van der Waals surface area contributed by atoms with Gasteiger partial charge in [0.2, 0.25) is 11.6 Å². The lowest BCUT2D eigenvalue weighted by Crippen LogP contribution is -2.25. The summed E-state index contributed by atoms with van der Waals surface area (Å²) in [6.07, 6.45) is 0.812. The molecular weight excluding hydrogens is 184 g/mol.